The fourth-order valence-corrected chi connectivity index (χ4v) is 2.62. The molecular formula is C14H16N2O2S. The Hall–Kier alpha value is -2.01. The lowest BCUT2D eigenvalue weighted by Gasteiger charge is -2.10. The number of methoxy groups -OCH3 is 1. The van der Waals surface area contributed by atoms with Crippen LogP contribution in [0.25, 0.3) is 0 Å². The molecule has 0 unspecified atom stereocenters. The van der Waals surface area contributed by atoms with Gasteiger partial charge < -0.3 is 15.8 Å². The molecule has 0 spiro atoms. The summed E-state index contributed by atoms with van der Waals surface area (Å²) < 4.78 is 5.10. The summed E-state index contributed by atoms with van der Waals surface area (Å²) in [5.74, 6) is 0.321. The monoisotopic (exact) mass is 276 g/mol. The fourth-order valence-electron chi connectivity index (χ4n) is 1.76. The lowest BCUT2D eigenvalue weighted by atomic mass is 10.1. The van der Waals surface area contributed by atoms with Crippen LogP contribution in [0.2, 0.25) is 0 Å². The van der Waals surface area contributed by atoms with Crippen LogP contribution in [0.15, 0.2) is 29.0 Å². The number of nitrogens with one attached hydrogen (secondary N) is 1. The second kappa shape index (κ2) is 5.75. The Bertz CT molecular complexity index is 593. The topological polar surface area (TPSA) is 64.3 Å². The van der Waals surface area contributed by atoms with Crippen LogP contribution >= 0.6 is 11.3 Å². The van der Waals surface area contributed by atoms with Crippen molar-refractivity contribution in [3.63, 3.8) is 0 Å². The zero-order valence-electron chi connectivity index (χ0n) is 10.9. The van der Waals surface area contributed by atoms with Crippen LogP contribution in [0.1, 0.15) is 21.5 Å². The molecule has 1 amide bonds. The van der Waals surface area contributed by atoms with Crippen molar-refractivity contribution in [3.8, 4) is 5.75 Å². The van der Waals surface area contributed by atoms with Crippen LogP contribution in [0.3, 0.4) is 0 Å². The van der Waals surface area contributed by atoms with E-state index in [2.05, 4.69) is 10.7 Å². The maximum Gasteiger partial charge on any atom is 0.253 e. The van der Waals surface area contributed by atoms with Crippen LogP contribution in [-0.2, 0) is 6.54 Å². The number of carbonyl (C=O) groups is 1. The number of aryl methyl sites for hydroxylation is 1. The number of hydrogen-bond donors (Lipinski definition) is 2. The minimum atomic E-state index is -0.193. The van der Waals surface area contributed by atoms with Gasteiger partial charge in [-0.2, -0.15) is 11.3 Å². The van der Waals surface area contributed by atoms with Crippen LogP contribution < -0.4 is 15.8 Å². The summed E-state index contributed by atoms with van der Waals surface area (Å²) in [7, 11) is 1.53. The number of para-hydroxylation sites is 1. The van der Waals surface area contributed by atoms with Gasteiger partial charge in [-0.3, -0.25) is 4.79 Å². The molecule has 1 aromatic carbocycles. The van der Waals surface area contributed by atoms with Crippen molar-refractivity contribution in [2.24, 2.45) is 0 Å². The summed E-state index contributed by atoms with van der Waals surface area (Å²) in [6.45, 7) is 2.53. The van der Waals surface area contributed by atoms with Crippen LogP contribution in [0.4, 0.5) is 5.69 Å². The quantitative estimate of drug-likeness (QED) is 0.844. The minimum Gasteiger partial charge on any atom is -0.495 e. The number of thiophene rings is 1. The second-order valence-corrected chi connectivity index (χ2v) is 4.93. The third-order valence-corrected chi connectivity index (χ3v) is 3.84. The van der Waals surface area contributed by atoms with Crippen molar-refractivity contribution < 1.29 is 9.53 Å². The van der Waals surface area contributed by atoms with E-state index in [4.69, 9.17) is 10.5 Å². The average molecular weight is 276 g/mol. The number of hydrogen-bond acceptors (Lipinski definition) is 4. The van der Waals surface area contributed by atoms with Crippen molar-refractivity contribution >= 4 is 22.9 Å². The number of nitrogens with two attached hydrogens (primary N) is 1. The van der Waals surface area contributed by atoms with Gasteiger partial charge in [-0.25, -0.2) is 0 Å². The molecule has 2 aromatic rings. The second-order valence-electron chi connectivity index (χ2n) is 4.18. The van der Waals surface area contributed by atoms with E-state index in [-0.39, 0.29) is 5.91 Å². The molecule has 0 radical (unpaired) electrons. The van der Waals surface area contributed by atoms with Gasteiger partial charge in [0.1, 0.15) is 5.75 Å². The zero-order valence-corrected chi connectivity index (χ0v) is 11.7. The maximum atomic E-state index is 12.1. The molecule has 5 heteroatoms. The molecule has 2 rings (SSSR count). The third-order valence-electron chi connectivity index (χ3n) is 2.93. The molecule has 19 heavy (non-hydrogen) atoms. The summed E-state index contributed by atoms with van der Waals surface area (Å²) in [5, 5.41) is 6.96. The van der Waals surface area contributed by atoms with Gasteiger partial charge in [-0.05, 0) is 40.9 Å². The summed E-state index contributed by atoms with van der Waals surface area (Å²) in [6.07, 6.45) is 0. The van der Waals surface area contributed by atoms with E-state index >= 15 is 0 Å². The van der Waals surface area contributed by atoms with Crippen molar-refractivity contribution in [1.82, 2.24) is 5.32 Å². The van der Waals surface area contributed by atoms with Crippen molar-refractivity contribution in [3.05, 3.63) is 45.6 Å². The summed E-state index contributed by atoms with van der Waals surface area (Å²) in [4.78, 5) is 12.1. The lowest BCUT2D eigenvalue weighted by molar-refractivity contribution is 0.0951. The highest BCUT2D eigenvalue weighted by Crippen LogP contribution is 2.24. The van der Waals surface area contributed by atoms with Gasteiger partial charge in [-0.15, -0.1) is 0 Å². The highest BCUT2D eigenvalue weighted by atomic mass is 32.1. The predicted octanol–water partition coefficient (Wildman–Crippen LogP) is 2.58. The van der Waals surface area contributed by atoms with E-state index in [9.17, 15) is 4.79 Å². The van der Waals surface area contributed by atoms with Crippen molar-refractivity contribution in [2.45, 2.75) is 13.5 Å². The summed E-state index contributed by atoms with van der Waals surface area (Å²) in [5.41, 5.74) is 9.00. The number of carbonyl (C=O) groups excluding carboxylic acids is 1. The van der Waals surface area contributed by atoms with E-state index in [1.54, 1.807) is 29.5 Å². The van der Waals surface area contributed by atoms with Crippen molar-refractivity contribution in [1.29, 1.82) is 0 Å². The van der Waals surface area contributed by atoms with Gasteiger partial charge in [0.25, 0.3) is 5.91 Å². The van der Waals surface area contributed by atoms with Crippen LogP contribution in [-0.4, -0.2) is 13.0 Å². The highest BCUT2D eigenvalue weighted by Gasteiger charge is 2.13. The predicted molar refractivity (Wildman–Crippen MR) is 77.6 cm³/mol. The lowest BCUT2D eigenvalue weighted by Crippen LogP contribution is -2.24. The Kier molecular flexibility index (Phi) is 4.06. The van der Waals surface area contributed by atoms with E-state index in [0.717, 1.165) is 5.56 Å². The third kappa shape index (κ3) is 2.88. The molecule has 0 atom stereocenters. The fraction of sp³-hybridized carbons (Fsp3) is 0.214. The van der Waals surface area contributed by atoms with Gasteiger partial charge in [-0.1, -0.05) is 6.07 Å². The smallest absolute Gasteiger partial charge is 0.253 e. The Morgan fingerprint density at radius 1 is 1.42 bits per heavy atom. The van der Waals surface area contributed by atoms with Crippen LogP contribution in [0, 0.1) is 6.92 Å². The van der Waals surface area contributed by atoms with E-state index in [1.165, 1.54) is 12.7 Å². The number of anilines is 1. The van der Waals surface area contributed by atoms with Gasteiger partial charge in [0.2, 0.25) is 0 Å². The number of rotatable bonds is 4. The number of ether oxygens (including phenoxy) is 1. The first-order valence-electron chi connectivity index (χ1n) is 5.86. The van der Waals surface area contributed by atoms with Crippen LogP contribution in [0.5, 0.6) is 5.75 Å². The maximum absolute atomic E-state index is 12.1. The molecule has 0 fully saturated rings. The SMILES string of the molecule is COc1cccc(C(=O)NCc2cscc2C)c1N. The molecule has 0 aliphatic heterocycles. The number of benzene rings is 1. The van der Waals surface area contributed by atoms with Gasteiger partial charge in [0.05, 0.1) is 18.4 Å². The Balaban J connectivity index is 2.10. The Morgan fingerprint density at radius 2 is 2.21 bits per heavy atom. The molecule has 4 nitrogen and oxygen atoms in total. The molecular weight excluding hydrogens is 260 g/mol. The standard InChI is InChI=1S/C14H16N2O2S/c1-9-7-19-8-10(9)6-16-14(17)11-4-3-5-12(18-2)13(11)15/h3-5,7-8H,6,15H2,1-2H3,(H,16,17). The van der Waals surface area contributed by atoms with Crippen molar-refractivity contribution in [2.75, 3.05) is 12.8 Å². The van der Waals surface area contributed by atoms with E-state index < -0.39 is 0 Å². The molecule has 1 heterocycles. The molecule has 3 N–H and O–H groups in total. The van der Waals surface area contributed by atoms with Gasteiger partial charge in [0, 0.05) is 6.54 Å². The van der Waals surface area contributed by atoms with E-state index in [0.29, 0.717) is 23.5 Å². The van der Waals surface area contributed by atoms with E-state index in [1.807, 2.05) is 12.3 Å². The van der Waals surface area contributed by atoms with Gasteiger partial charge in [0.15, 0.2) is 0 Å². The zero-order chi connectivity index (χ0) is 13.8. The Morgan fingerprint density at radius 3 is 2.84 bits per heavy atom. The molecule has 1 aromatic heterocycles. The minimum absolute atomic E-state index is 0.193. The molecule has 0 saturated carbocycles. The first kappa shape index (κ1) is 13.4. The Labute approximate surface area is 116 Å². The summed E-state index contributed by atoms with van der Waals surface area (Å²) in [6, 6.07) is 5.17. The number of nitrogen functional groups attached to an aromatic ring is 1. The largest absolute Gasteiger partial charge is 0.495 e. The molecule has 0 bridgehead atoms. The molecule has 100 valence electrons. The number of amides is 1. The highest BCUT2D eigenvalue weighted by molar-refractivity contribution is 7.08. The average Bonchev–Trinajstić information content (AvgIpc) is 2.82. The van der Waals surface area contributed by atoms with Gasteiger partial charge >= 0.3 is 0 Å². The molecule has 0 aliphatic rings. The molecule has 0 aliphatic carbocycles. The summed E-state index contributed by atoms with van der Waals surface area (Å²) >= 11 is 1.63. The first-order chi connectivity index (χ1) is 9.13. The molecule has 0 saturated heterocycles. The first-order valence-corrected chi connectivity index (χ1v) is 6.80. The normalized spacial score (nSPS) is 10.2.